The number of aryl methyl sites for hydroxylation is 1. The van der Waals surface area contributed by atoms with Gasteiger partial charge in [0.15, 0.2) is 0 Å². The zero-order chi connectivity index (χ0) is 14.9. The fourth-order valence-electron chi connectivity index (χ4n) is 2.24. The van der Waals surface area contributed by atoms with E-state index in [0.29, 0.717) is 25.2 Å². The Morgan fingerprint density at radius 3 is 2.55 bits per heavy atom. The maximum absolute atomic E-state index is 12.6. The number of nitrogens with two attached hydrogens (primary N) is 1. The largest absolute Gasteiger partial charge is 0.399 e. The summed E-state index contributed by atoms with van der Waals surface area (Å²) in [7, 11) is -2.00. The van der Waals surface area contributed by atoms with Gasteiger partial charge in [0.25, 0.3) is 0 Å². The topological polar surface area (TPSA) is 83.7 Å². The highest BCUT2D eigenvalue weighted by molar-refractivity contribution is 7.89. The lowest BCUT2D eigenvalue weighted by Gasteiger charge is -2.20. The van der Waals surface area contributed by atoms with E-state index in [2.05, 4.69) is 0 Å². The third kappa shape index (κ3) is 2.94. The highest BCUT2D eigenvalue weighted by Gasteiger charge is 2.29. The summed E-state index contributed by atoms with van der Waals surface area (Å²) >= 11 is 0. The third-order valence-electron chi connectivity index (χ3n) is 3.35. The van der Waals surface area contributed by atoms with Gasteiger partial charge < -0.3 is 10.6 Å². The van der Waals surface area contributed by atoms with E-state index >= 15 is 0 Å². The Hall–Kier alpha value is -1.60. The number of hydrogen-bond donors (Lipinski definition) is 1. The van der Waals surface area contributed by atoms with E-state index < -0.39 is 10.0 Å². The van der Waals surface area contributed by atoms with Gasteiger partial charge in [-0.3, -0.25) is 4.79 Å². The standard InChI is InChI=1S/C13H19N3O3S/c1-10-6-11(14)8-12(7-10)20(18,19)16-5-3-4-15(2)13(17)9-16/h6-8H,3-5,9,14H2,1-2H3. The van der Waals surface area contributed by atoms with Gasteiger partial charge in [-0.25, -0.2) is 8.42 Å². The second-order valence-corrected chi connectivity index (χ2v) is 7.02. The summed E-state index contributed by atoms with van der Waals surface area (Å²) in [5.41, 5.74) is 6.89. The van der Waals surface area contributed by atoms with Crippen LogP contribution in [0, 0.1) is 6.92 Å². The number of likely N-dealkylation sites (N-methyl/N-ethyl adjacent to an activating group) is 1. The summed E-state index contributed by atoms with van der Waals surface area (Å²) in [5, 5.41) is 0. The first kappa shape index (κ1) is 14.8. The number of sulfonamides is 1. The second kappa shape index (κ2) is 5.41. The van der Waals surface area contributed by atoms with Gasteiger partial charge in [0.05, 0.1) is 11.4 Å². The molecule has 0 aliphatic carbocycles. The van der Waals surface area contributed by atoms with Gasteiger partial charge in [-0.15, -0.1) is 0 Å². The average molecular weight is 297 g/mol. The Labute approximate surface area is 119 Å². The van der Waals surface area contributed by atoms with E-state index in [4.69, 9.17) is 5.73 Å². The molecule has 1 amide bonds. The Morgan fingerprint density at radius 2 is 1.90 bits per heavy atom. The number of hydrogen-bond acceptors (Lipinski definition) is 4. The van der Waals surface area contributed by atoms with Crippen LogP contribution in [0.15, 0.2) is 23.1 Å². The monoisotopic (exact) mass is 297 g/mol. The van der Waals surface area contributed by atoms with E-state index in [-0.39, 0.29) is 17.3 Å². The molecule has 2 rings (SSSR count). The average Bonchev–Trinajstić information content (AvgIpc) is 2.51. The number of amides is 1. The van der Waals surface area contributed by atoms with Crippen molar-refractivity contribution in [3.05, 3.63) is 23.8 Å². The number of nitrogen functional groups attached to an aromatic ring is 1. The Bertz CT molecular complexity index is 607. The molecule has 0 atom stereocenters. The van der Waals surface area contributed by atoms with Crippen LogP contribution in [0.1, 0.15) is 12.0 Å². The van der Waals surface area contributed by atoms with Crippen molar-refractivity contribution in [3.63, 3.8) is 0 Å². The molecule has 1 fully saturated rings. The van der Waals surface area contributed by atoms with Crippen LogP contribution >= 0.6 is 0 Å². The summed E-state index contributed by atoms with van der Waals surface area (Å²) in [6.07, 6.45) is 0.628. The summed E-state index contributed by atoms with van der Waals surface area (Å²) in [5.74, 6) is -0.188. The number of anilines is 1. The zero-order valence-electron chi connectivity index (χ0n) is 11.7. The first-order valence-corrected chi connectivity index (χ1v) is 7.86. The normalized spacial score (nSPS) is 18.1. The molecule has 1 heterocycles. The first-order valence-electron chi connectivity index (χ1n) is 6.42. The zero-order valence-corrected chi connectivity index (χ0v) is 12.5. The van der Waals surface area contributed by atoms with Crippen molar-refractivity contribution in [2.75, 3.05) is 32.4 Å². The van der Waals surface area contributed by atoms with Crippen molar-refractivity contribution < 1.29 is 13.2 Å². The van der Waals surface area contributed by atoms with Crippen LogP contribution in [-0.4, -0.2) is 50.2 Å². The van der Waals surface area contributed by atoms with Crippen molar-refractivity contribution in [1.82, 2.24) is 9.21 Å². The Balaban J connectivity index is 2.36. The first-order chi connectivity index (χ1) is 9.30. The molecule has 2 N–H and O–H groups in total. The molecule has 110 valence electrons. The van der Waals surface area contributed by atoms with Gasteiger partial charge in [0, 0.05) is 25.8 Å². The van der Waals surface area contributed by atoms with E-state index in [0.717, 1.165) is 5.56 Å². The van der Waals surface area contributed by atoms with Crippen LogP contribution in [0.5, 0.6) is 0 Å². The van der Waals surface area contributed by atoms with Crippen LogP contribution in [0.2, 0.25) is 0 Å². The molecule has 0 unspecified atom stereocenters. The van der Waals surface area contributed by atoms with Crippen molar-refractivity contribution >= 4 is 21.6 Å². The molecule has 7 heteroatoms. The van der Waals surface area contributed by atoms with Crippen molar-refractivity contribution in [1.29, 1.82) is 0 Å². The summed E-state index contributed by atoms with van der Waals surface area (Å²) in [4.78, 5) is 13.5. The molecule has 1 aromatic carbocycles. The minimum Gasteiger partial charge on any atom is -0.399 e. The van der Waals surface area contributed by atoms with Gasteiger partial charge in [-0.1, -0.05) is 0 Å². The van der Waals surface area contributed by atoms with E-state index in [1.165, 1.54) is 10.4 Å². The number of benzene rings is 1. The van der Waals surface area contributed by atoms with Crippen LogP contribution in [0.25, 0.3) is 0 Å². The van der Waals surface area contributed by atoms with Crippen molar-refractivity contribution in [2.24, 2.45) is 0 Å². The number of carbonyl (C=O) groups excluding carboxylic acids is 1. The number of rotatable bonds is 2. The molecule has 0 spiro atoms. The molecule has 6 nitrogen and oxygen atoms in total. The highest BCUT2D eigenvalue weighted by Crippen LogP contribution is 2.21. The smallest absolute Gasteiger partial charge is 0.243 e. The lowest BCUT2D eigenvalue weighted by atomic mass is 10.2. The number of carbonyl (C=O) groups is 1. The molecule has 1 aliphatic heterocycles. The maximum Gasteiger partial charge on any atom is 0.243 e. The van der Waals surface area contributed by atoms with Crippen LogP contribution < -0.4 is 5.73 Å². The fourth-order valence-corrected chi connectivity index (χ4v) is 3.81. The molecule has 1 aliphatic rings. The van der Waals surface area contributed by atoms with Crippen LogP contribution in [0.3, 0.4) is 0 Å². The van der Waals surface area contributed by atoms with Gasteiger partial charge in [-0.05, 0) is 37.1 Å². The van der Waals surface area contributed by atoms with E-state index in [9.17, 15) is 13.2 Å². The lowest BCUT2D eigenvalue weighted by Crippen LogP contribution is -2.38. The third-order valence-corrected chi connectivity index (χ3v) is 5.17. The summed E-state index contributed by atoms with van der Waals surface area (Å²) < 4.78 is 26.4. The minimum absolute atomic E-state index is 0.118. The van der Waals surface area contributed by atoms with Crippen LogP contribution in [0.4, 0.5) is 5.69 Å². The van der Waals surface area contributed by atoms with Crippen molar-refractivity contribution in [2.45, 2.75) is 18.2 Å². The SMILES string of the molecule is Cc1cc(N)cc(S(=O)(=O)N2CCCN(C)C(=O)C2)c1. The summed E-state index contributed by atoms with van der Waals surface area (Å²) in [6, 6.07) is 4.71. The maximum atomic E-state index is 12.6. The molecule has 0 bridgehead atoms. The van der Waals surface area contributed by atoms with Crippen molar-refractivity contribution in [3.8, 4) is 0 Å². The minimum atomic E-state index is -3.68. The van der Waals surface area contributed by atoms with Gasteiger partial charge >= 0.3 is 0 Å². The quantitative estimate of drug-likeness (QED) is 0.802. The van der Waals surface area contributed by atoms with E-state index in [1.807, 2.05) is 0 Å². The highest BCUT2D eigenvalue weighted by atomic mass is 32.2. The Morgan fingerprint density at radius 1 is 1.20 bits per heavy atom. The molecule has 0 saturated carbocycles. The van der Waals surface area contributed by atoms with Gasteiger partial charge in [0.1, 0.15) is 0 Å². The molecular weight excluding hydrogens is 278 g/mol. The van der Waals surface area contributed by atoms with Gasteiger partial charge in [-0.2, -0.15) is 4.31 Å². The molecule has 0 radical (unpaired) electrons. The van der Waals surface area contributed by atoms with Gasteiger partial charge in [0.2, 0.25) is 15.9 Å². The predicted octanol–water partition coefficient (Wildman–Crippen LogP) is 0.430. The second-order valence-electron chi connectivity index (χ2n) is 5.09. The predicted molar refractivity (Wildman–Crippen MR) is 76.6 cm³/mol. The number of nitrogens with zero attached hydrogens (tertiary/aromatic N) is 2. The fraction of sp³-hybridized carbons (Fsp3) is 0.462. The molecule has 1 aromatic rings. The lowest BCUT2D eigenvalue weighted by molar-refractivity contribution is -0.129. The van der Waals surface area contributed by atoms with E-state index in [1.54, 1.807) is 31.0 Å². The Kier molecular flexibility index (Phi) is 4.01. The molecule has 20 heavy (non-hydrogen) atoms. The van der Waals surface area contributed by atoms with Crippen LogP contribution in [-0.2, 0) is 14.8 Å². The molecular formula is C13H19N3O3S. The summed E-state index contributed by atoms with van der Waals surface area (Å²) in [6.45, 7) is 2.58. The molecule has 1 saturated heterocycles. The molecule has 0 aromatic heterocycles.